The van der Waals surface area contributed by atoms with E-state index in [1.807, 2.05) is 25.1 Å². The van der Waals surface area contributed by atoms with Crippen molar-refractivity contribution in [2.45, 2.75) is 83.1 Å². The van der Waals surface area contributed by atoms with Crippen LogP contribution in [0.4, 0.5) is 0 Å². The molecule has 0 bridgehead atoms. The monoisotopic (exact) mass is 692 g/mol. The first-order valence-electron chi connectivity index (χ1n) is 15.5. The van der Waals surface area contributed by atoms with Gasteiger partial charge in [0.2, 0.25) is 11.8 Å². The first-order valence-corrected chi connectivity index (χ1v) is 15.9. The molecule has 4 atom stereocenters. The highest BCUT2D eigenvalue weighted by atomic mass is 32.1. The maximum atomic E-state index is 11.2. The molecule has 2 aliphatic rings. The molecule has 260 valence electrons. The fraction of sp³-hybridized carbons (Fsp3) is 0.400. The van der Waals surface area contributed by atoms with E-state index in [1.54, 1.807) is 66.9 Å². The predicted octanol–water partition coefficient (Wildman–Crippen LogP) is 4.37. The van der Waals surface area contributed by atoms with Crippen molar-refractivity contribution in [1.82, 2.24) is 20.4 Å². The number of methoxy groups -OCH3 is 1. The van der Waals surface area contributed by atoms with E-state index < -0.39 is 34.6 Å². The van der Waals surface area contributed by atoms with Crippen LogP contribution in [0.2, 0.25) is 0 Å². The molecule has 2 aromatic carbocycles. The molecule has 13 nitrogen and oxygen atoms in total. The summed E-state index contributed by atoms with van der Waals surface area (Å²) in [6.07, 6.45) is -1.51. The molecule has 2 aromatic heterocycles. The number of H-pyrrole nitrogens is 2. The number of aromatic amines is 2. The van der Waals surface area contributed by atoms with Gasteiger partial charge in [-0.05, 0) is 84.4 Å². The van der Waals surface area contributed by atoms with E-state index >= 15 is 0 Å². The number of aliphatic hydroxyl groups is 2. The second kappa shape index (κ2) is 12.9. The summed E-state index contributed by atoms with van der Waals surface area (Å²) in [6.45, 7) is 12.3. The van der Waals surface area contributed by atoms with E-state index in [0.717, 1.165) is 10.4 Å². The highest BCUT2D eigenvalue weighted by Crippen LogP contribution is 2.50. The van der Waals surface area contributed by atoms with E-state index in [2.05, 4.69) is 20.4 Å². The Kier molecular flexibility index (Phi) is 9.36. The fourth-order valence-corrected chi connectivity index (χ4v) is 5.53. The van der Waals surface area contributed by atoms with Gasteiger partial charge in [0.1, 0.15) is 39.7 Å². The molecule has 0 spiro atoms. The molecule has 4 N–H and O–H groups in total. The molecule has 0 saturated carbocycles. The number of ether oxygens (including phenoxy) is 5. The summed E-state index contributed by atoms with van der Waals surface area (Å²) in [4.78, 5) is 23.1. The molecule has 4 heterocycles. The average Bonchev–Trinajstić information content (AvgIpc) is 3.03. The Morgan fingerprint density at radius 3 is 1.59 bits per heavy atom. The normalized spacial score (nSPS) is 24.4. The SMILES string of the molecule is CC(=S)c1ccc2c(c1)C(Oc1ccc(=O)[nH]n1)C(C)(O)C(C)(C)O2.COc1ccc2c(c1)C(Oc1ccc(=O)[nH]n1)C(C)(O)C(C)(C)O2. The molecule has 0 radical (unpaired) electrons. The Hall–Kier alpha value is -4.79. The standard InChI is InChI=1S/C18H20N2O4S.C17H20N2O5/c1-10(25)11-5-6-13-12(9-11)16(18(4,22)17(2,3)24-13)23-15-8-7-14(21)19-20-15;1-16(2)17(3,21)15(23-14-8-7-13(20)18-19-14)11-9-10(22-4)5-6-12(11)24-16/h5-9,16,22H,1-4H3,(H,19,21);5-9,15,21H,1-4H3,(H,18,20). The van der Waals surface area contributed by atoms with Crippen LogP contribution >= 0.6 is 12.2 Å². The molecule has 0 amide bonds. The fourth-order valence-electron chi connectivity index (χ4n) is 5.40. The van der Waals surface area contributed by atoms with Crippen molar-refractivity contribution in [1.29, 1.82) is 0 Å². The molecule has 6 rings (SSSR count). The Bertz CT molecular complexity index is 1950. The van der Waals surface area contributed by atoms with Crippen molar-refractivity contribution in [2.75, 3.05) is 7.11 Å². The Labute approximate surface area is 288 Å². The number of nitrogens with one attached hydrogen (secondary N) is 2. The third-order valence-electron chi connectivity index (χ3n) is 9.17. The Morgan fingerprint density at radius 1 is 0.735 bits per heavy atom. The molecular weight excluding hydrogens is 652 g/mol. The summed E-state index contributed by atoms with van der Waals surface area (Å²) in [6, 6.07) is 16.4. The minimum Gasteiger partial charge on any atom is -0.497 e. The summed E-state index contributed by atoms with van der Waals surface area (Å²) < 4.78 is 29.1. The minimum atomic E-state index is -1.36. The topological polar surface area (TPSA) is 178 Å². The highest BCUT2D eigenvalue weighted by Gasteiger charge is 2.55. The lowest BCUT2D eigenvalue weighted by Gasteiger charge is -2.48. The first kappa shape index (κ1) is 35.5. The van der Waals surface area contributed by atoms with Crippen molar-refractivity contribution < 1.29 is 33.9 Å². The largest absolute Gasteiger partial charge is 0.497 e. The van der Waals surface area contributed by atoms with Crippen molar-refractivity contribution in [2.24, 2.45) is 0 Å². The number of nitrogens with zero attached hydrogens (tertiary/aromatic N) is 2. The van der Waals surface area contributed by atoms with Crippen molar-refractivity contribution >= 4 is 17.1 Å². The van der Waals surface area contributed by atoms with Gasteiger partial charge in [-0.1, -0.05) is 18.3 Å². The highest BCUT2D eigenvalue weighted by molar-refractivity contribution is 7.80. The smallest absolute Gasteiger partial charge is 0.264 e. The van der Waals surface area contributed by atoms with Crippen LogP contribution in [0.15, 0.2) is 70.3 Å². The zero-order valence-electron chi connectivity index (χ0n) is 28.5. The maximum Gasteiger partial charge on any atom is 0.264 e. The van der Waals surface area contributed by atoms with Gasteiger partial charge in [-0.25, -0.2) is 10.2 Å². The van der Waals surface area contributed by atoms with Crippen molar-refractivity contribution in [3.8, 4) is 29.0 Å². The molecule has 49 heavy (non-hydrogen) atoms. The maximum absolute atomic E-state index is 11.2. The molecule has 0 saturated heterocycles. The van der Waals surface area contributed by atoms with E-state index in [1.165, 1.54) is 24.3 Å². The third-order valence-corrected chi connectivity index (χ3v) is 9.41. The molecular formula is C35H40N4O9S. The number of benzene rings is 2. The van der Waals surface area contributed by atoms with Gasteiger partial charge in [0, 0.05) is 40.3 Å². The van der Waals surface area contributed by atoms with E-state index in [0.29, 0.717) is 28.4 Å². The number of hydrogen-bond donors (Lipinski definition) is 4. The lowest BCUT2D eigenvalue weighted by atomic mass is 9.76. The van der Waals surface area contributed by atoms with Crippen LogP contribution < -0.4 is 34.8 Å². The first-order chi connectivity index (χ1) is 22.9. The molecule has 0 aliphatic carbocycles. The molecule has 2 aliphatic heterocycles. The van der Waals surface area contributed by atoms with Crippen LogP contribution in [0, 0.1) is 0 Å². The summed E-state index contributed by atoms with van der Waals surface area (Å²) >= 11 is 5.26. The van der Waals surface area contributed by atoms with Gasteiger partial charge in [-0.3, -0.25) is 9.59 Å². The number of thiocarbonyl (C=S) groups is 1. The van der Waals surface area contributed by atoms with Crippen LogP contribution in [0.3, 0.4) is 0 Å². The van der Waals surface area contributed by atoms with Crippen molar-refractivity contribution in [3.63, 3.8) is 0 Å². The summed E-state index contributed by atoms with van der Waals surface area (Å²) in [5.74, 6) is 2.24. The minimum absolute atomic E-state index is 0.200. The number of aromatic nitrogens is 4. The summed E-state index contributed by atoms with van der Waals surface area (Å²) in [7, 11) is 1.56. The van der Waals surface area contributed by atoms with Gasteiger partial charge >= 0.3 is 0 Å². The summed E-state index contributed by atoms with van der Waals surface area (Å²) in [5.41, 5.74) is -2.99. The van der Waals surface area contributed by atoms with Gasteiger partial charge < -0.3 is 33.9 Å². The van der Waals surface area contributed by atoms with Gasteiger partial charge in [0.25, 0.3) is 11.1 Å². The third kappa shape index (κ3) is 6.89. The van der Waals surface area contributed by atoms with Crippen LogP contribution in [0.1, 0.15) is 77.4 Å². The average molecular weight is 693 g/mol. The Morgan fingerprint density at radius 2 is 1.18 bits per heavy atom. The van der Waals surface area contributed by atoms with Crippen molar-refractivity contribution in [3.05, 3.63) is 98.1 Å². The van der Waals surface area contributed by atoms with Gasteiger partial charge in [-0.2, -0.15) is 0 Å². The van der Waals surface area contributed by atoms with Gasteiger partial charge in [0.05, 0.1) is 7.11 Å². The Balaban J connectivity index is 0.000000191. The lowest BCUT2D eigenvalue weighted by molar-refractivity contribution is -0.175. The van der Waals surface area contributed by atoms with Gasteiger partial charge in [-0.15, -0.1) is 10.2 Å². The molecule has 4 unspecified atom stereocenters. The number of rotatable bonds is 6. The zero-order chi connectivity index (χ0) is 35.9. The molecule has 4 aromatic rings. The molecule has 0 fully saturated rings. The van der Waals surface area contributed by atoms with E-state index in [4.69, 9.17) is 35.9 Å². The summed E-state index contributed by atoms with van der Waals surface area (Å²) in [5, 5.41) is 34.6. The van der Waals surface area contributed by atoms with Crippen LogP contribution in [0.5, 0.6) is 29.0 Å². The number of hydrogen-bond acceptors (Lipinski definition) is 12. The molecule has 14 heteroatoms. The lowest BCUT2D eigenvalue weighted by Crippen LogP contribution is -2.59. The number of fused-ring (bicyclic) bond motifs is 2. The quantitative estimate of drug-likeness (QED) is 0.166. The van der Waals surface area contributed by atoms with E-state index in [9.17, 15) is 19.8 Å². The van der Waals surface area contributed by atoms with Gasteiger partial charge in [0.15, 0.2) is 12.2 Å². The van der Waals surface area contributed by atoms with Crippen LogP contribution in [0.25, 0.3) is 0 Å². The zero-order valence-corrected chi connectivity index (χ0v) is 29.3. The second-order valence-electron chi connectivity index (χ2n) is 13.2. The van der Waals surface area contributed by atoms with E-state index in [-0.39, 0.29) is 22.9 Å². The van der Waals surface area contributed by atoms with Crippen LogP contribution in [-0.2, 0) is 0 Å². The second-order valence-corrected chi connectivity index (χ2v) is 13.9. The predicted molar refractivity (Wildman–Crippen MR) is 184 cm³/mol. The van der Waals surface area contributed by atoms with Crippen LogP contribution in [-0.4, -0.2) is 65.0 Å².